The van der Waals surface area contributed by atoms with Gasteiger partial charge in [0.25, 0.3) is 0 Å². The average molecular weight is 152 g/mol. The van der Waals surface area contributed by atoms with Crippen molar-refractivity contribution in [3.05, 3.63) is 22.4 Å². The lowest BCUT2D eigenvalue weighted by Gasteiger charge is -2.22. The van der Waals surface area contributed by atoms with E-state index in [1.165, 1.54) is 5.56 Å². The molecule has 1 atom stereocenters. The third kappa shape index (κ3) is 0.797. The molecule has 1 fully saturated rings. The number of hydrogen-bond donors (Lipinski definition) is 0. The molecule has 1 aliphatic carbocycles. The van der Waals surface area contributed by atoms with E-state index in [1.807, 2.05) is 11.4 Å². The first-order valence-corrected chi connectivity index (χ1v) is 4.37. The van der Waals surface area contributed by atoms with Crippen molar-refractivity contribution in [3.8, 4) is 0 Å². The van der Waals surface area contributed by atoms with Crippen LogP contribution in [0.25, 0.3) is 0 Å². The highest BCUT2D eigenvalue weighted by atomic mass is 32.1. The molecule has 2 rings (SSSR count). The first-order chi connectivity index (χ1) is 4.88. The number of carbonyl (C=O) groups excluding carboxylic acids is 1. The second-order valence-electron chi connectivity index (χ2n) is 2.61. The summed E-state index contributed by atoms with van der Waals surface area (Å²) in [6, 6.07) is 2.05. The molecule has 1 heterocycles. The fourth-order valence-electron chi connectivity index (χ4n) is 1.23. The molecule has 1 aliphatic rings. The molecular formula is C8H8OS. The SMILES string of the molecule is O=C1CCC1c1ccsc1. The van der Waals surface area contributed by atoms with E-state index in [9.17, 15) is 4.79 Å². The van der Waals surface area contributed by atoms with E-state index in [-0.39, 0.29) is 5.92 Å². The first-order valence-electron chi connectivity index (χ1n) is 3.43. The van der Waals surface area contributed by atoms with Gasteiger partial charge in [-0.3, -0.25) is 4.79 Å². The van der Waals surface area contributed by atoms with Gasteiger partial charge in [0.05, 0.1) is 0 Å². The highest BCUT2D eigenvalue weighted by Gasteiger charge is 2.29. The molecule has 1 unspecified atom stereocenters. The van der Waals surface area contributed by atoms with Crippen LogP contribution in [-0.2, 0) is 4.79 Å². The van der Waals surface area contributed by atoms with Gasteiger partial charge < -0.3 is 0 Å². The predicted molar refractivity (Wildman–Crippen MR) is 41.3 cm³/mol. The summed E-state index contributed by atoms with van der Waals surface area (Å²) >= 11 is 1.67. The molecule has 0 spiro atoms. The minimum Gasteiger partial charge on any atom is -0.299 e. The van der Waals surface area contributed by atoms with Gasteiger partial charge in [0, 0.05) is 12.3 Å². The molecule has 0 aromatic carbocycles. The monoisotopic (exact) mass is 152 g/mol. The molecule has 10 heavy (non-hydrogen) atoms. The Kier molecular flexibility index (Phi) is 1.34. The van der Waals surface area contributed by atoms with Crippen LogP contribution in [0.15, 0.2) is 16.8 Å². The molecule has 0 bridgehead atoms. The summed E-state index contributed by atoms with van der Waals surface area (Å²) in [6.07, 6.45) is 1.86. The Hall–Kier alpha value is -0.630. The molecule has 0 saturated heterocycles. The maximum absolute atomic E-state index is 10.9. The number of thiophene rings is 1. The van der Waals surface area contributed by atoms with Crippen LogP contribution >= 0.6 is 11.3 Å². The van der Waals surface area contributed by atoms with Gasteiger partial charge in [0.2, 0.25) is 0 Å². The van der Waals surface area contributed by atoms with Crippen molar-refractivity contribution in [2.75, 3.05) is 0 Å². The Balaban J connectivity index is 2.21. The molecule has 2 heteroatoms. The number of hydrogen-bond acceptors (Lipinski definition) is 2. The van der Waals surface area contributed by atoms with Crippen molar-refractivity contribution in [1.29, 1.82) is 0 Å². The Morgan fingerprint density at radius 3 is 2.90 bits per heavy atom. The molecule has 0 N–H and O–H groups in total. The highest BCUT2D eigenvalue weighted by molar-refractivity contribution is 7.08. The predicted octanol–water partition coefficient (Wildman–Crippen LogP) is 2.19. The Labute approximate surface area is 63.7 Å². The number of ketones is 1. The molecule has 1 aromatic rings. The molecule has 1 saturated carbocycles. The van der Waals surface area contributed by atoms with Crippen LogP contribution in [0.3, 0.4) is 0 Å². The van der Waals surface area contributed by atoms with Crippen LogP contribution in [0, 0.1) is 0 Å². The minimum atomic E-state index is 0.256. The van der Waals surface area contributed by atoms with E-state index in [0.717, 1.165) is 12.8 Å². The number of rotatable bonds is 1. The van der Waals surface area contributed by atoms with Crippen LogP contribution in [0.4, 0.5) is 0 Å². The van der Waals surface area contributed by atoms with E-state index in [4.69, 9.17) is 0 Å². The fourth-order valence-corrected chi connectivity index (χ4v) is 1.95. The normalized spacial score (nSPS) is 24.4. The van der Waals surface area contributed by atoms with Gasteiger partial charge in [0.15, 0.2) is 0 Å². The van der Waals surface area contributed by atoms with Crippen LogP contribution in [-0.4, -0.2) is 5.78 Å². The summed E-state index contributed by atoms with van der Waals surface area (Å²) in [5, 5.41) is 4.10. The van der Waals surface area contributed by atoms with Crippen molar-refractivity contribution in [3.63, 3.8) is 0 Å². The van der Waals surface area contributed by atoms with Crippen molar-refractivity contribution in [2.45, 2.75) is 18.8 Å². The minimum absolute atomic E-state index is 0.256. The lowest BCUT2D eigenvalue weighted by atomic mass is 9.80. The molecule has 52 valence electrons. The van der Waals surface area contributed by atoms with Gasteiger partial charge >= 0.3 is 0 Å². The van der Waals surface area contributed by atoms with E-state index in [0.29, 0.717) is 5.78 Å². The smallest absolute Gasteiger partial charge is 0.140 e. The quantitative estimate of drug-likeness (QED) is 0.603. The number of carbonyl (C=O) groups is 1. The molecule has 0 aliphatic heterocycles. The maximum Gasteiger partial charge on any atom is 0.140 e. The highest BCUT2D eigenvalue weighted by Crippen LogP contribution is 2.33. The molecular weight excluding hydrogens is 144 g/mol. The Morgan fingerprint density at radius 2 is 2.50 bits per heavy atom. The maximum atomic E-state index is 10.9. The molecule has 0 radical (unpaired) electrons. The summed E-state index contributed by atoms with van der Waals surface area (Å²) in [5.74, 6) is 0.671. The van der Waals surface area contributed by atoms with E-state index >= 15 is 0 Å². The van der Waals surface area contributed by atoms with Gasteiger partial charge in [-0.05, 0) is 28.8 Å². The van der Waals surface area contributed by atoms with Gasteiger partial charge in [-0.2, -0.15) is 11.3 Å². The van der Waals surface area contributed by atoms with E-state index in [2.05, 4.69) is 5.38 Å². The zero-order valence-corrected chi connectivity index (χ0v) is 6.36. The molecule has 1 aromatic heterocycles. The van der Waals surface area contributed by atoms with Gasteiger partial charge in [-0.15, -0.1) is 0 Å². The third-order valence-electron chi connectivity index (χ3n) is 2.01. The Morgan fingerprint density at radius 1 is 1.60 bits per heavy atom. The van der Waals surface area contributed by atoms with Crippen LogP contribution in [0.5, 0.6) is 0 Å². The van der Waals surface area contributed by atoms with Crippen molar-refractivity contribution in [1.82, 2.24) is 0 Å². The van der Waals surface area contributed by atoms with E-state index < -0.39 is 0 Å². The van der Waals surface area contributed by atoms with Gasteiger partial charge in [-0.1, -0.05) is 0 Å². The fraction of sp³-hybridized carbons (Fsp3) is 0.375. The van der Waals surface area contributed by atoms with Gasteiger partial charge in [0.1, 0.15) is 5.78 Å². The second kappa shape index (κ2) is 2.20. The molecule has 0 amide bonds. The van der Waals surface area contributed by atoms with Crippen LogP contribution in [0.1, 0.15) is 24.3 Å². The van der Waals surface area contributed by atoms with Crippen LogP contribution < -0.4 is 0 Å². The largest absolute Gasteiger partial charge is 0.299 e. The topological polar surface area (TPSA) is 17.1 Å². The standard InChI is InChI=1S/C8H8OS/c9-8-2-1-7(8)6-3-4-10-5-6/h3-5,7H,1-2H2. The summed E-state index contributed by atoms with van der Waals surface area (Å²) < 4.78 is 0. The Bertz CT molecular complexity index is 238. The zero-order valence-electron chi connectivity index (χ0n) is 5.54. The third-order valence-corrected chi connectivity index (χ3v) is 2.72. The zero-order chi connectivity index (χ0) is 6.97. The van der Waals surface area contributed by atoms with Crippen LogP contribution in [0.2, 0.25) is 0 Å². The van der Waals surface area contributed by atoms with E-state index in [1.54, 1.807) is 11.3 Å². The second-order valence-corrected chi connectivity index (χ2v) is 3.39. The first kappa shape index (κ1) is 6.10. The summed E-state index contributed by atoms with van der Waals surface area (Å²) in [4.78, 5) is 10.9. The summed E-state index contributed by atoms with van der Waals surface area (Å²) in [5.41, 5.74) is 1.22. The lowest BCUT2D eigenvalue weighted by Crippen LogP contribution is -2.22. The number of Topliss-reactive ketones (excluding diaryl/α,β-unsaturated/α-hetero) is 1. The lowest BCUT2D eigenvalue weighted by molar-refractivity contribution is -0.125. The van der Waals surface area contributed by atoms with Crippen molar-refractivity contribution >= 4 is 17.1 Å². The van der Waals surface area contributed by atoms with Gasteiger partial charge in [-0.25, -0.2) is 0 Å². The summed E-state index contributed by atoms with van der Waals surface area (Å²) in [6.45, 7) is 0. The van der Waals surface area contributed by atoms with Crippen molar-refractivity contribution in [2.24, 2.45) is 0 Å². The van der Waals surface area contributed by atoms with Crippen molar-refractivity contribution < 1.29 is 4.79 Å². The summed E-state index contributed by atoms with van der Waals surface area (Å²) in [7, 11) is 0. The molecule has 1 nitrogen and oxygen atoms in total. The average Bonchev–Trinajstić information content (AvgIpc) is 2.37.